The number of hydrogen-bond acceptors (Lipinski definition) is 4. The van der Waals surface area contributed by atoms with E-state index in [4.69, 9.17) is 5.21 Å². The number of rotatable bonds is 9. The van der Waals surface area contributed by atoms with E-state index in [1.165, 1.54) is 7.05 Å². The Morgan fingerprint density at radius 2 is 1.65 bits per heavy atom. The van der Waals surface area contributed by atoms with E-state index >= 15 is 0 Å². The fourth-order valence-corrected chi connectivity index (χ4v) is 2.78. The standard InChI is InChI=1S/C20H25N3O3/c1-21-20(25)18(23-26)10-4-2-3-5-11-19(24)22-17-13-12-15-8-6-7-9-16(15)14-17/h6-9,12-14,26H,2-5,10-11H2,1H3,(H,21,25)(H,22,24)/b23-18+. The Hall–Kier alpha value is -2.89. The molecule has 0 atom stereocenters. The fraction of sp³-hybridized carbons (Fsp3) is 0.350. The molecule has 2 aromatic carbocycles. The number of anilines is 1. The van der Waals surface area contributed by atoms with Gasteiger partial charge in [-0.05, 0) is 42.2 Å². The summed E-state index contributed by atoms with van der Waals surface area (Å²) in [4.78, 5) is 23.4. The third-order valence-corrected chi connectivity index (χ3v) is 4.21. The second kappa shape index (κ2) is 10.2. The van der Waals surface area contributed by atoms with Crippen molar-refractivity contribution < 1.29 is 14.8 Å². The first-order chi connectivity index (χ1) is 12.6. The van der Waals surface area contributed by atoms with Crippen LogP contribution < -0.4 is 10.6 Å². The van der Waals surface area contributed by atoms with Crippen LogP contribution in [0.3, 0.4) is 0 Å². The molecular weight excluding hydrogens is 330 g/mol. The van der Waals surface area contributed by atoms with Crippen molar-refractivity contribution in [2.75, 3.05) is 12.4 Å². The molecule has 0 aliphatic carbocycles. The second-order valence-corrected chi connectivity index (χ2v) is 6.15. The van der Waals surface area contributed by atoms with Crippen molar-refractivity contribution in [2.24, 2.45) is 5.16 Å². The molecule has 138 valence electrons. The molecule has 0 spiro atoms. The number of hydrogen-bond donors (Lipinski definition) is 3. The molecule has 0 saturated heterocycles. The summed E-state index contributed by atoms with van der Waals surface area (Å²) >= 11 is 0. The number of nitrogens with zero attached hydrogens (tertiary/aromatic N) is 1. The van der Waals surface area contributed by atoms with E-state index in [-0.39, 0.29) is 17.5 Å². The van der Waals surface area contributed by atoms with Gasteiger partial charge in [0.25, 0.3) is 5.91 Å². The van der Waals surface area contributed by atoms with E-state index < -0.39 is 0 Å². The molecule has 0 radical (unpaired) electrons. The van der Waals surface area contributed by atoms with E-state index in [0.717, 1.165) is 42.1 Å². The minimum absolute atomic E-state index is 0.00301. The van der Waals surface area contributed by atoms with Crippen LogP contribution >= 0.6 is 0 Å². The first-order valence-corrected chi connectivity index (χ1v) is 8.85. The molecule has 0 aliphatic heterocycles. The van der Waals surface area contributed by atoms with Gasteiger partial charge < -0.3 is 15.8 Å². The van der Waals surface area contributed by atoms with Gasteiger partial charge in [-0.3, -0.25) is 9.59 Å². The van der Waals surface area contributed by atoms with Crippen LogP contribution in [-0.4, -0.2) is 29.8 Å². The Morgan fingerprint density at radius 1 is 0.962 bits per heavy atom. The highest BCUT2D eigenvalue weighted by Gasteiger charge is 2.09. The monoisotopic (exact) mass is 355 g/mol. The predicted octanol–water partition coefficient (Wildman–Crippen LogP) is 3.70. The van der Waals surface area contributed by atoms with Gasteiger partial charge in [-0.15, -0.1) is 0 Å². The van der Waals surface area contributed by atoms with E-state index in [1.807, 2.05) is 42.5 Å². The average molecular weight is 355 g/mol. The Bertz CT molecular complexity index is 787. The molecule has 3 N–H and O–H groups in total. The molecule has 0 fully saturated rings. The summed E-state index contributed by atoms with van der Waals surface area (Å²) in [5.74, 6) is -0.356. The van der Waals surface area contributed by atoms with Gasteiger partial charge in [0, 0.05) is 19.2 Å². The van der Waals surface area contributed by atoms with Crippen molar-refractivity contribution in [1.29, 1.82) is 0 Å². The number of fused-ring (bicyclic) bond motifs is 1. The molecule has 0 heterocycles. The van der Waals surface area contributed by atoms with Gasteiger partial charge in [0.1, 0.15) is 5.71 Å². The van der Waals surface area contributed by atoms with E-state index in [1.54, 1.807) is 0 Å². The average Bonchev–Trinajstić information content (AvgIpc) is 2.66. The van der Waals surface area contributed by atoms with Gasteiger partial charge in [0.2, 0.25) is 5.91 Å². The molecule has 6 nitrogen and oxygen atoms in total. The lowest BCUT2D eigenvalue weighted by Gasteiger charge is -2.07. The summed E-state index contributed by atoms with van der Waals surface area (Å²) in [6.45, 7) is 0. The van der Waals surface area contributed by atoms with Crippen molar-refractivity contribution >= 4 is 34.0 Å². The number of nitrogens with one attached hydrogen (secondary N) is 2. The molecule has 0 unspecified atom stereocenters. The van der Waals surface area contributed by atoms with Crippen LogP contribution in [0.15, 0.2) is 47.6 Å². The summed E-state index contributed by atoms with van der Waals surface area (Å²) < 4.78 is 0. The summed E-state index contributed by atoms with van der Waals surface area (Å²) in [7, 11) is 1.50. The molecule has 26 heavy (non-hydrogen) atoms. The topological polar surface area (TPSA) is 90.8 Å². The maximum atomic E-state index is 12.0. The fourth-order valence-electron chi connectivity index (χ4n) is 2.78. The van der Waals surface area contributed by atoms with Crippen molar-refractivity contribution in [3.63, 3.8) is 0 Å². The van der Waals surface area contributed by atoms with Crippen molar-refractivity contribution in [2.45, 2.75) is 38.5 Å². The number of carbonyl (C=O) groups is 2. The Kier molecular flexibility index (Phi) is 7.61. The van der Waals surface area contributed by atoms with Crippen molar-refractivity contribution in [3.05, 3.63) is 42.5 Å². The van der Waals surface area contributed by atoms with Crippen molar-refractivity contribution in [1.82, 2.24) is 5.32 Å². The maximum Gasteiger partial charge on any atom is 0.268 e. The van der Waals surface area contributed by atoms with Gasteiger partial charge in [0.15, 0.2) is 0 Å². The van der Waals surface area contributed by atoms with Crippen LogP contribution in [0, 0.1) is 0 Å². The Balaban J connectivity index is 1.66. The highest BCUT2D eigenvalue weighted by atomic mass is 16.4. The lowest BCUT2D eigenvalue weighted by atomic mass is 10.1. The summed E-state index contributed by atoms with van der Waals surface area (Å²) in [6, 6.07) is 13.9. The summed E-state index contributed by atoms with van der Waals surface area (Å²) in [6.07, 6.45) is 4.18. The summed E-state index contributed by atoms with van der Waals surface area (Å²) in [5, 5.41) is 19.4. The van der Waals surface area contributed by atoms with E-state index in [2.05, 4.69) is 15.8 Å². The Labute approximate surface area is 153 Å². The number of carbonyl (C=O) groups excluding carboxylic acids is 2. The van der Waals surface area contributed by atoms with Crippen LogP contribution in [0.25, 0.3) is 10.8 Å². The van der Waals surface area contributed by atoms with Crippen LogP contribution in [0.5, 0.6) is 0 Å². The number of oxime groups is 1. The zero-order chi connectivity index (χ0) is 18.8. The zero-order valence-electron chi connectivity index (χ0n) is 15.0. The first kappa shape index (κ1) is 19.4. The molecule has 6 heteroatoms. The quantitative estimate of drug-likeness (QED) is 0.277. The number of amides is 2. The lowest BCUT2D eigenvalue weighted by molar-refractivity contribution is -0.116. The van der Waals surface area contributed by atoms with Crippen LogP contribution in [-0.2, 0) is 9.59 Å². The number of unbranched alkanes of at least 4 members (excludes halogenated alkanes) is 3. The lowest BCUT2D eigenvalue weighted by Crippen LogP contribution is -2.27. The zero-order valence-corrected chi connectivity index (χ0v) is 15.0. The molecule has 0 aromatic heterocycles. The smallest absolute Gasteiger partial charge is 0.268 e. The SMILES string of the molecule is CNC(=O)/C(CCCCCCC(=O)Nc1ccc2ccccc2c1)=N/O. The maximum absolute atomic E-state index is 12.0. The van der Waals surface area contributed by atoms with Gasteiger partial charge in [0.05, 0.1) is 0 Å². The third-order valence-electron chi connectivity index (χ3n) is 4.21. The predicted molar refractivity (Wildman–Crippen MR) is 104 cm³/mol. The largest absolute Gasteiger partial charge is 0.410 e. The molecule has 0 bridgehead atoms. The van der Waals surface area contributed by atoms with Gasteiger partial charge in [-0.25, -0.2) is 0 Å². The molecule has 0 saturated carbocycles. The van der Waals surface area contributed by atoms with Crippen LogP contribution in [0.1, 0.15) is 38.5 Å². The third kappa shape index (κ3) is 5.88. The Morgan fingerprint density at radius 3 is 2.35 bits per heavy atom. The highest BCUT2D eigenvalue weighted by Crippen LogP contribution is 2.19. The van der Waals surface area contributed by atoms with E-state index in [9.17, 15) is 9.59 Å². The summed E-state index contributed by atoms with van der Waals surface area (Å²) in [5.41, 5.74) is 0.949. The molecular formula is C20H25N3O3. The van der Waals surface area contributed by atoms with E-state index in [0.29, 0.717) is 12.8 Å². The number of benzene rings is 2. The molecule has 0 aliphatic rings. The van der Waals surface area contributed by atoms with Gasteiger partial charge in [-0.1, -0.05) is 48.3 Å². The van der Waals surface area contributed by atoms with Gasteiger partial charge in [-0.2, -0.15) is 0 Å². The van der Waals surface area contributed by atoms with Crippen LogP contribution in [0.2, 0.25) is 0 Å². The molecule has 2 amide bonds. The second-order valence-electron chi connectivity index (χ2n) is 6.15. The molecule has 2 aromatic rings. The minimum Gasteiger partial charge on any atom is -0.410 e. The minimum atomic E-state index is -0.359. The van der Waals surface area contributed by atoms with Gasteiger partial charge >= 0.3 is 0 Å². The normalized spacial score (nSPS) is 11.3. The molecule has 2 rings (SSSR count). The highest BCUT2D eigenvalue weighted by molar-refractivity contribution is 6.38. The van der Waals surface area contributed by atoms with Crippen LogP contribution in [0.4, 0.5) is 5.69 Å². The first-order valence-electron chi connectivity index (χ1n) is 8.85. The van der Waals surface area contributed by atoms with Crippen molar-refractivity contribution in [3.8, 4) is 0 Å².